The highest BCUT2D eigenvalue weighted by molar-refractivity contribution is 5.43. The molecular formula is C24H26O3. The van der Waals surface area contributed by atoms with Gasteiger partial charge in [-0.3, -0.25) is 0 Å². The molecule has 3 nitrogen and oxygen atoms in total. The van der Waals surface area contributed by atoms with Crippen LogP contribution in [-0.4, -0.2) is 5.11 Å². The molecule has 0 fully saturated rings. The van der Waals surface area contributed by atoms with E-state index in [1.807, 2.05) is 49.4 Å². The summed E-state index contributed by atoms with van der Waals surface area (Å²) < 4.78 is 5.30. The molecule has 0 amide bonds. The smallest absolute Gasteiger partial charge is 0.343 e. The van der Waals surface area contributed by atoms with Crippen molar-refractivity contribution in [2.24, 2.45) is 0 Å². The lowest BCUT2D eigenvalue weighted by Crippen LogP contribution is -2.15. The quantitative estimate of drug-likeness (QED) is 0.626. The van der Waals surface area contributed by atoms with E-state index in [-0.39, 0.29) is 11.7 Å². The maximum atomic E-state index is 12.4. The molecule has 3 aromatic rings. The third kappa shape index (κ3) is 4.13. The number of benzene rings is 2. The molecule has 1 heterocycles. The predicted molar refractivity (Wildman–Crippen MR) is 108 cm³/mol. The summed E-state index contributed by atoms with van der Waals surface area (Å²) >= 11 is 0. The molecule has 0 bridgehead atoms. The van der Waals surface area contributed by atoms with Gasteiger partial charge in [0.2, 0.25) is 0 Å². The highest BCUT2D eigenvalue weighted by atomic mass is 16.4. The fourth-order valence-electron chi connectivity index (χ4n) is 3.71. The molecule has 2 aromatic carbocycles. The van der Waals surface area contributed by atoms with Crippen LogP contribution < -0.4 is 5.63 Å². The molecule has 1 aromatic heterocycles. The molecule has 0 spiro atoms. The van der Waals surface area contributed by atoms with Crippen LogP contribution in [0.2, 0.25) is 0 Å². The Kier molecular flexibility index (Phi) is 6.12. The second-order valence-corrected chi connectivity index (χ2v) is 6.80. The van der Waals surface area contributed by atoms with Crippen LogP contribution in [0, 0.1) is 0 Å². The van der Waals surface area contributed by atoms with Crippen LogP contribution >= 0.6 is 0 Å². The first-order valence-corrected chi connectivity index (χ1v) is 9.60. The summed E-state index contributed by atoms with van der Waals surface area (Å²) in [6, 6.07) is 18.1. The number of rotatable bonds is 7. The summed E-state index contributed by atoms with van der Waals surface area (Å²) in [6.45, 7) is 4.16. The van der Waals surface area contributed by atoms with Gasteiger partial charge < -0.3 is 9.52 Å². The van der Waals surface area contributed by atoms with Gasteiger partial charge >= 0.3 is 5.63 Å². The number of hydrogen-bond acceptors (Lipinski definition) is 3. The van der Waals surface area contributed by atoms with E-state index in [0.717, 1.165) is 18.4 Å². The number of aromatic hydroxyl groups is 1. The molecule has 0 aliphatic rings. The number of aryl methyl sites for hydroxylation is 3. The zero-order valence-electron chi connectivity index (χ0n) is 15.9. The lowest BCUT2D eigenvalue weighted by atomic mass is 9.88. The van der Waals surface area contributed by atoms with Gasteiger partial charge in [0.25, 0.3) is 0 Å². The molecule has 0 aliphatic carbocycles. The molecule has 1 atom stereocenters. The van der Waals surface area contributed by atoms with Gasteiger partial charge in [0, 0.05) is 11.5 Å². The average molecular weight is 362 g/mol. The van der Waals surface area contributed by atoms with E-state index in [0.29, 0.717) is 24.0 Å². The predicted octanol–water partition coefficient (Wildman–Crippen LogP) is 5.23. The Morgan fingerprint density at radius 1 is 0.889 bits per heavy atom. The summed E-state index contributed by atoms with van der Waals surface area (Å²) in [5, 5.41) is 10.9. The molecule has 27 heavy (non-hydrogen) atoms. The Hall–Kier alpha value is -2.81. The van der Waals surface area contributed by atoms with E-state index in [1.54, 1.807) is 0 Å². The molecule has 0 saturated carbocycles. The molecule has 0 radical (unpaired) electrons. The first-order chi connectivity index (χ1) is 13.2. The topological polar surface area (TPSA) is 50.4 Å². The van der Waals surface area contributed by atoms with Crippen LogP contribution in [0.4, 0.5) is 0 Å². The van der Waals surface area contributed by atoms with Gasteiger partial charge in [0.15, 0.2) is 0 Å². The van der Waals surface area contributed by atoms with Gasteiger partial charge in [-0.15, -0.1) is 0 Å². The minimum absolute atomic E-state index is 0.0796. The van der Waals surface area contributed by atoms with E-state index in [1.165, 1.54) is 17.4 Å². The van der Waals surface area contributed by atoms with Gasteiger partial charge in [-0.2, -0.15) is 0 Å². The van der Waals surface area contributed by atoms with Gasteiger partial charge in [-0.05, 0) is 42.4 Å². The Balaban J connectivity index is 1.92. The van der Waals surface area contributed by atoms with Crippen molar-refractivity contribution in [3.8, 4) is 5.75 Å². The van der Waals surface area contributed by atoms with E-state index in [4.69, 9.17) is 4.42 Å². The lowest BCUT2D eigenvalue weighted by molar-refractivity contribution is 0.418. The monoisotopic (exact) mass is 362 g/mol. The van der Waals surface area contributed by atoms with E-state index < -0.39 is 5.63 Å². The van der Waals surface area contributed by atoms with Crippen molar-refractivity contribution in [3.05, 3.63) is 99.1 Å². The van der Waals surface area contributed by atoms with Crippen LogP contribution in [0.25, 0.3) is 0 Å². The van der Waals surface area contributed by atoms with Crippen molar-refractivity contribution in [2.45, 2.75) is 45.4 Å². The number of hydrogen-bond donors (Lipinski definition) is 1. The first kappa shape index (κ1) is 19.0. The van der Waals surface area contributed by atoms with Crippen LogP contribution in [-0.2, 0) is 19.3 Å². The van der Waals surface area contributed by atoms with Gasteiger partial charge in [0.05, 0.1) is 5.56 Å². The molecule has 3 heteroatoms. The Bertz CT molecular complexity index is 941. The normalized spacial score (nSPS) is 12.1. The van der Waals surface area contributed by atoms with Gasteiger partial charge in [-0.25, -0.2) is 4.79 Å². The molecule has 0 aliphatic heterocycles. The van der Waals surface area contributed by atoms with Crippen LogP contribution in [0.3, 0.4) is 0 Å². The van der Waals surface area contributed by atoms with Crippen molar-refractivity contribution >= 4 is 0 Å². The third-order valence-electron chi connectivity index (χ3n) is 5.21. The minimum Gasteiger partial charge on any atom is -0.507 e. The average Bonchev–Trinajstić information content (AvgIpc) is 2.71. The Labute approximate surface area is 160 Å². The van der Waals surface area contributed by atoms with Crippen molar-refractivity contribution in [3.63, 3.8) is 0 Å². The van der Waals surface area contributed by atoms with Crippen LogP contribution in [0.1, 0.15) is 54.0 Å². The Morgan fingerprint density at radius 2 is 1.52 bits per heavy atom. The second-order valence-electron chi connectivity index (χ2n) is 6.80. The van der Waals surface area contributed by atoms with E-state index in [9.17, 15) is 9.90 Å². The summed E-state index contributed by atoms with van der Waals surface area (Å²) in [4.78, 5) is 12.4. The standard InChI is InChI=1S/C24H26O3/c1-3-17-10-8-9-11-18(17)14-15-20-16-27-24(26)22(23(20)25)21(4-2)19-12-6-5-7-13-19/h5-13,16,21,25H,3-4,14-15H2,1-2H3. The van der Waals surface area contributed by atoms with Gasteiger partial charge in [-0.1, -0.05) is 68.4 Å². The molecule has 1 unspecified atom stereocenters. The van der Waals surface area contributed by atoms with Crippen molar-refractivity contribution < 1.29 is 9.52 Å². The first-order valence-electron chi connectivity index (χ1n) is 9.60. The summed E-state index contributed by atoms with van der Waals surface area (Å²) in [6.07, 6.45) is 4.53. The third-order valence-corrected chi connectivity index (χ3v) is 5.21. The summed E-state index contributed by atoms with van der Waals surface area (Å²) in [7, 11) is 0. The molecule has 3 rings (SSSR count). The zero-order chi connectivity index (χ0) is 19.2. The maximum Gasteiger partial charge on any atom is 0.343 e. The second kappa shape index (κ2) is 8.72. The van der Waals surface area contributed by atoms with E-state index >= 15 is 0 Å². The molecule has 0 saturated heterocycles. The van der Waals surface area contributed by atoms with Gasteiger partial charge in [0.1, 0.15) is 12.0 Å². The fourth-order valence-corrected chi connectivity index (χ4v) is 3.71. The maximum absolute atomic E-state index is 12.4. The molecule has 1 N–H and O–H groups in total. The summed E-state index contributed by atoms with van der Waals surface area (Å²) in [5.74, 6) is -0.0961. The van der Waals surface area contributed by atoms with E-state index in [2.05, 4.69) is 19.1 Å². The lowest BCUT2D eigenvalue weighted by Gasteiger charge is -2.17. The largest absolute Gasteiger partial charge is 0.507 e. The van der Waals surface area contributed by atoms with Crippen molar-refractivity contribution in [1.82, 2.24) is 0 Å². The highest BCUT2D eigenvalue weighted by Crippen LogP contribution is 2.33. The zero-order valence-corrected chi connectivity index (χ0v) is 15.9. The summed E-state index contributed by atoms with van der Waals surface area (Å²) in [5.41, 5.74) is 4.18. The van der Waals surface area contributed by atoms with Crippen molar-refractivity contribution in [2.75, 3.05) is 0 Å². The minimum atomic E-state index is -0.457. The highest BCUT2D eigenvalue weighted by Gasteiger charge is 2.23. The Morgan fingerprint density at radius 3 is 2.19 bits per heavy atom. The fraction of sp³-hybridized carbons (Fsp3) is 0.292. The van der Waals surface area contributed by atoms with Crippen molar-refractivity contribution in [1.29, 1.82) is 0 Å². The SMILES string of the molecule is CCc1ccccc1CCc1coc(=O)c(C(CC)c2ccccc2)c1O. The van der Waals surface area contributed by atoms with Crippen LogP contribution in [0.5, 0.6) is 5.75 Å². The van der Waals surface area contributed by atoms with Crippen LogP contribution in [0.15, 0.2) is 70.1 Å². The molecular weight excluding hydrogens is 336 g/mol. The molecule has 140 valence electrons.